The first-order valence-corrected chi connectivity index (χ1v) is 9.09. The van der Waals surface area contributed by atoms with Crippen molar-refractivity contribution in [3.63, 3.8) is 0 Å². The molecule has 5 nitrogen and oxygen atoms in total. The first kappa shape index (κ1) is 14.0. The molecule has 2 N–H and O–H groups in total. The number of carboxylic acid groups (broad SMARTS) is 1. The van der Waals surface area contributed by atoms with E-state index in [2.05, 4.69) is 5.32 Å². The summed E-state index contributed by atoms with van der Waals surface area (Å²) in [6.45, 7) is 1.54. The lowest BCUT2D eigenvalue weighted by Crippen LogP contribution is -2.76. The van der Waals surface area contributed by atoms with E-state index < -0.39 is 16.9 Å². The predicted octanol–water partition coefficient (Wildman–Crippen LogP) is 1.43. The first-order valence-electron chi connectivity index (χ1n) is 9.09. The summed E-state index contributed by atoms with van der Waals surface area (Å²) in [5, 5.41) is 12.7. The molecule has 0 radical (unpaired) electrons. The van der Waals surface area contributed by atoms with E-state index >= 15 is 0 Å². The van der Waals surface area contributed by atoms with Crippen molar-refractivity contribution in [1.29, 1.82) is 0 Å². The molecule has 6 aliphatic carbocycles. The third-order valence-corrected chi connectivity index (χ3v) is 8.40. The minimum absolute atomic E-state index is 0.0866. The average molecular weight is 337 g/mol. The van der Waals surface area contributed by atoms with Gasteiger partial charge in [-0.3, -0.25) is 9.59 Å². The van der Waals surface area contributed by atoms with Crippen LogP contribution in [0.15, 0.2) is 30.3 Å². The van der Waals surface area contributed by atoms with Gasteiger partial charge in [-0.05, 0) is 48.5 Å². The Labute approximate surface area is 144 Å². The fourth-order valence-corrected chi connectivity index (χ4v) is 7.78. The van der Waals surface area contributed by atoms with Crippen molar-refractivity contribution in [3.8, 4) is 0 Å². The van der Waals surface area contributed by atoms with Crippen LogP contribution in [0.4, 0.5) is 0 Å². The minimum Gasteiger partial charge on any atom is -0.479 e. The van der Waals surface area contributed by atoms with Crippen molar-refractivity contribution in [1.82, 2.24) is 5.32 Å². The van der Waals surface area contributed by atoms with Crippen molar-refractivity contribution in [2.45, 2.75) is 18.9 Å². The molecule has 0 saturated heterocycles. The average Bonchev–Trinajstić information content (AvgIpc) is 3.10. The van der Waals surface area contributed by atoms with Crippen LogP contribution in [0.25, 0.3) is 0 Å². The maximum Gasteiger partial charge on any atom is 0.333 e. The van der Waals surface area contributed by atoms with Gasteiger partial charge in [0.1, 0.15) is 5.78 Å². The molecule has 6 saturated carbocycles. The SMILES string of the molecule is CC(NC(=O)C12C3C(=O)C4C5CC(C41)C2C53)(C(=O)O)c1ccccc1. The van der Waals surface area contributed by atoms with Gasteiger partial charge >= 0.3 is 5.97 Å². The highest BCUT2D eigenvalue weighted by atomic mass is 16.4. The molecular formula is C20H19NO4. The fraction of sp³-hybridized carbons (Fsp3) is 0.550. The molecule has 0 aliphatic heterocycles. The van der Waals surface area contributed by atoms with Gasteiger partial charge in [0, 0.05) is 11.8 Å². The van der Waals surface area contributed by atoms with Crippen LogP contribution in [0.5, 0.6) is 0 Å². The van der Waals surface area contributed by atoms with E-state index in [1.54, 1.807) is 24.3 Å². The zero-order valence-electron chi connectivity index (χ0n) is 13.8. The van der Waals surface area contributed by atoms with Crippen LogP contribution in [0.1, 0.15) is 18.9 Å². The second-order valence-corrected chi connectivity index (χ2v) is 8.78. The van der Waals surface area contributed by atoms with E-state index in [-0.39, 0.29) is 23.7 Å². The highest BCUT2D eigenvalue weighted by Crippen LogP contribution is 2.92. The summed E-state index contributed by atoms with van der Waals surface area (Å²) >= 11 is 0. The normalized spacial score (nSPS) is 48.7. The number of hydrogen-bond acceptors (Lipinski definition) is 3. The van der Waals surface area contributed by atoms with E-state index in [1.165, 1.54) is 6.92 Å². The van der Waals surface area contributed by atoms with Gasteiger partial charge in [0.15, 0.2) is 5.54 Å². The van der Waals surface area contributed by atoms with E-state index in [0.717, 1.165) is 6.42 Å². The fourth-order valence-electron chi connectivity index (χ4n) is 7.78. The van der Waals surface area contributed by atoms with Gasteiger partial charge in [-0.15, -0.1) is 0 Å². The Kier molecular flexibility index (Phi) is 2.14. The van der Waals surface area contributed by atoms with E-state index in [1.807, 2.05) is 6.07 Å². The number of hydrogen-bond donors (Lipinski definition) is 2. The predicted molar refractivity (Wildman–Crippen MR) is 86.1 cm³/mol. The molecule has 1 aromatic carbocycles. The monoisotopic (exact) mass is 337 g/mol. The Morgan fingerprint density at radius 3 is 2.56 bits per heavy atom. The molecule has 0 aromatic heterocycles. The van der Waals surface area contributed by atoms with Gasteiger partial charge in [-0.1, -0.05) is 30.3 Å². The molecule has 0 spiro atoms. The summed E-state index contributed by atoms with van der Waals surface area (Å²) in [5.74, 6) is 0.927. The molecule has 1 amide bonds. The summed E-state index contributed by atoms with van der Waals surface area (Å²) in [7, 11) is 0. The Morgan fingerprint density at radius 2 is 1.92 bits per heavy atom. The van der Waals surface area contributed by atoms with Crippen LogP contribution >= 0.6 is 0 Å². The topological polar surface area (TPSA) is 83.5 Å². The minimum atomic E-state index is -1.47. The van der Waals surface area contributed by atoms with Crippen molar-refractivity contribution in [2.75, 3.05) is 0 Å². The van der Waals surface area contributed by atoms with Crippen LogP contribution < -0.4 is 5.32 Å². The highest BCUT2D eigenvalue weighted by molar-refractivity contribution is 6.05. The third kappa shape index (κ3) is 1.14. The highest BCUT2D eigenvalue weighted by Gasteiger charge is 2.96. The number of carboxylic acids is 1. The number of benzene rings is 1. The lowest BCUT2D eigenvalue weighted by atomic mass is 9.31. The van der Waals surface area contributed by atoms with Crippen molar-refractivity contribution < 1.29 is 19.5 Å². The standard InChI is InChI=1S/C20H19NO4/c1-19(18(24)25,8-5-3-2-4-6-8)21-17(23)20-13-10-7-9-11(13)15(20)16(22)12(9)14(10)20/h2-6,9-15H,7H2,1H3,(H,21,23)(H,24,25). The molecule has 4 bridgehead atoms. The smallest absolute Gasteiger partial charge is 0.333 e. The molecule has 9 unspecified atom stereocenters. The Balaban J connectivity index is 1.38. The molecule has 5 heteroatoms. The van der Waals surface area contributed by atoms with Gasteiger partial charge in [0.05, 0.1) is 5.41 Å². The quantitative estimate of drug-likeness (QED) is 0.871. The van der Waals surface area contributed by atoms with Crippen LogP contribution in [0.2, 0.25) is 0 Å². The number of nitrogens with one attached hydrogen (secondary N) is 1. The number of amides is 1. The molecular weight excluding hydrogens is 318 g/mol. The van der Waals surface area contributed by atoms with E-state index in [0.29, 0.717) is 35.0 Å². The van der Waals surface area contributed by atoms with Gasteiger partial charge in [-0.25, -0.2) is 4.79 Å². The van der Waals surface area contributed by atoms with Crippen LogP contribution in [-0.2, 0) is 19.9 Å². The number of aliphatic carboxylic acids is 1. The van der Waals surface area contributed by atoms with E-state index in [4.69, 9.17) is 0 Å². The number of carbonyl (C=O) groups is 3. The molecule has 0 heterocycles. The maximum atomic E-state index is 13.3. The van der Waals surface area contributed by atoms with Crippen LogP contribution in [0.3, 0.4) is 0 Å². The number of Topliss-reactive ketones (excluding diaryl/α,β-unsaturated/α-hetero) is 1. The Bertz CT molecular complexity index is 866. The summed E-state index contributed by atoms with van der Waals surface area (Å²) in [5.41, 5.74) is -1.51. The lowest BCUT2D eigenvalue weighted by Gasteiger charge is -2.70. The molecule has 6 fully saturated rings. The Hall–Kier alpha value is -2.17. The second-order valence-electron chi connectivity index (χ2n) is 8.78. The van der Waals surface area contributed by atoms with Gasteiger partial charge in [-0.2, -0.15) is 0 Å². The largest absolute Gasteiger partial charge is 0.479 e. The van der Waals surface area contributed by atoms with Crippen molar-refractivity contribution in [2.24, 2.45) is 46.8 Å². The summed E-state index contributed by atoms with van der Waals surface area (Å²) in [6, 6.07) is 8.81. The zero-order chi connectivity index (χ0) is 17.3. The van der Waals surface area contributed by atoms with Gasteiger partial charge in [0.2, 0.25) is 5.91 Å². The molecule has 25 heavy (non-hydrogen) atoms. The van der Waals surface area contributed by atoms with Crippen molar-refractivity contribution in [3.05, 3.63) is 35.9 Å². The molecule has 6 aliphatic rings. The number of ketones is 1. The van der Waals surface area contributed by atoms with Gasteiger partial charge in [0.25, 0.3) is 0 Å². The molecule has 128 valence electrons. The summed E-state index contributed by atoms with van der Waals surface area (Å²) in [4.78, 5) is 38.0. The van der Waals surface area contributed by atoms with Crippen molar-refractivity contribution >= 4 is 17.7 Å². The third-order valence-electron chi connectivity index (χ3n) is 8.40. The molecule has 7 rings (SSSR count). The maximum absolute atomic E-state index is 13.3. The first-order chi connectivity index (χ1) is 11.9. The van der Waals surface area contributed by atoms with Gasteiger partial charge < -0.3 is 10.4 Å². The number of carbonyl (C=O) groups excluding carboxylic acids is 2. The second kappa shape index (κ2) is 3.81. The molecule has 1 aromatic rings. The van der Waals surface area contributed by atoms with E-state index in [9.17, 15) is 19.5 Å². The molecule has 9 atom stereocenters. The number of rotatable bonds is 4. The van der Waals surface area contributed by atoms with Crippen LogP contribution in [-0.4, -0.2) is 22.8 Å². The van der Waals surface area contributed by atoms with Crippen LogP contribution in [0, 0.1) is 46.8 Å². The summed E-state index contributed by atoms with van der Waals surface area (Å²) in [6.07, 6.45) is 1.11. The summed E-state index contributed by atoms with van der Waals surface area (Å²) < 4.78 is 0. The zero-order valence-corrected chi connectivity index (χ0v) is 13.8. The lowest BCUT2D eigenvalue weighted by molar-refractivity contribution is -0.250. The Morgan fingerprint density at radius 1 is 1.20 bits per heavy atom.